The minimum Gasteiger partial charge on any atom is -0.354 e. The Kier molecular flexibility index (Phi) is 3.93. The number of benzene rings is 1. The molecule has 1 amide bonds. The van der Waals surface area contributed by atoms with Crippen LogP contribution in [-0.2, 0) is 4.84 Å². The highest BCUT2D eigenvalue weighted by atomic mass is 17.0. The number of nitrogens with one attached hydrogen (secondary N) is 1. The van der Waals surface area contributed by atoms with Crippen LogP contribution < -0.4 is 10.2 Å². The van der Waals surface area contributed by atoms with Crippen LogP contribution in [0.2, 0.25) is 0 Å². The van der Waals surface area contributed by atoms with E-state index in [9.17, 15) is 4.79 Å². The summed E-state index contributed by atoms with van der Waals surface area (Å²) in [5.41, 5.74) is 0.659. The Morgan fingerprint density at radius 2 is 2.00 bits per heavy atom. The third-order valence-electron chi connectivity index (χ3n) is 4.81. The molecule has 1 N–H and O–H groups in total. The van der Waals surface area contributed by atoms with Crippen LogP contribution in [0.5, 0.6) is 5.75 Å². The number of hydrogen-bond acceptors (Lipinski definition) is 5. The van der Waals surface area contributed by atoms with E-state index in [0.29, 0.717) is 23.8 Å². The molecule has 122 valence electrons. The van der Waals surface area contributed by atoms with Crippen molar-refractivity contribution >= 4 is 5.91 Å². The van der Waals surface area contributed by atoms with Crippen molar-refractivity contribution in [3.63, 3.8) is 0 Å². The third-order valence-corrected chi connectivity index (χ3v) is 4.81. The molecular weight excluding hydrogens is 294 g/mol. The molecule has 3 fully saturated rings. The molecule has 0 radical (unpaired) electrons. The zero-order valence-electron chi connectivity index (χ0n) is 13.0. The number of fused-ring (bicyclic) bond motifs is 3. The highest BCUT2D eigenvalue weighted by Gasteiger charge is 2.34. The van der Waals surface area contributed by atoms with Gasteiger partial charge in [-0.25, -0.2) is 4.84 Å². The molecule has 3 saturated heterocycles. The van der Waals surface area contributed by atoms with Crippen molar-refractivity contribution in [1.29, 1.82) is 0 Å². The van der Waals surface area contributed by atoms with Gasteiger partial charge in [0.2, 0.25) is 0 Å². The number of carbonyl (C=O) groups is 1. The lowest BCUT2D eigenvalue weighted by atomic mass is 9.84. The summed E-state index contributed by atoms with van der Waals surface area (Å²) in [7, 11) is 0. The van der Waals surface area contributed by atoms with Gasteiger partial charge < -0.3 is 15.1 Å². The minimum absolute atomic E-state index is 0.00683. The summed E-state index contributed by atoms with van der Waals surface area (Å²) < 4.78 is 0. The molecule has 2 bridgehead atoms. The van der Waals surface area contributed by atoms with Gasteiger partial charge in [0.1, 0.15) is 0 Å². The van der Waals surface area contributed by atoms with Crippen molar-refractivity contribution in [2.75, 3.05) is 26.2 Å². The van der Waals surface area contributed by atoms with Gasteiger partial charge in [-0.1, -0.05) is 5.23 Å². The van der Waals surface area contributed by atoms with Gasteiger partial charge in [0.05, 0.1) is 12.8 Å². The van der Waals surface area contributed by atoms with E-state index in [1.165, 1.54) is 31.2 Å². The highest BCUT2D eigenvalue weighted by molar-refractivity contribution is 5.94. The predicted octanol–water partition coefficient (Wildman–Crippen LogP) is 1.57. The number of nitrogens with zero attached hydrogens (tertiary/aromatic N) is 2. The van der Waals surface area contributed by atoms with Gasteiger partial charge in [-0.15, -0.1) is 0 Å². The second-order valence-corrected chi connectivity index (χ2v) is 6.30. The first kappa shape index (κ1) is 14.5. The van der Waals surface area contributed by atoms with Crippen LogP contribution >= 0.6 is 0 Å². The molecule has 4 heterocycles. The third kappa shape index (κ3) is 3.18. The fraction of sp³-hybridized carbons (Fsp3) is 0.471. The van der Waals surface area contributed by atoms with E-state index in [1.807, 2.05) is 6.08 Å². The van der Waals surface area contributed by atoms with Crippen molar-refractivity contribution in [3.05, 3.63) is 42.1 Å². The van der Waals surface area contributed by atoms with Crippen LogP contribution in [0.25, 0.3) is 0 Å². The normalized spacial score (nSPS) is 28.9. The van der Waals surface area contributed by atoms with E-state index >= 15 is 0 Å². The Labute approximate surface area is 135 Å². The Bertz CT molecular complexity index is 594. The summed E-state index contributed by atoms with van der Waals surface area (Å²) in [4.78, 5) is 25.5. The van der Waals surface area contributed by atoms with Crippen molar-refractivity contribution in [2.24, 2.45) is 5.92 Å². The molecule has 0 saturated carbocycles. The smallest absolute Gasteiger partial charge is 0.251 e. The molecule has 0 unspecified atom stereocenters. The second kappa shape index (κ2) is 6.22. The van der Waals surface area contributed by atoms with E-state index in [4.69, 9.17) is 9.68 Å². The largest absolute Gasteiger partial charge is 0.354 e. The van der Waals surface area contributed by atoms with Crippen LogP contribution in [-0.4, -0.2) is 48.3 Å². The topological polar surface area (TPSA) is 54.0 Å². The van der Waals surface area contributed by atoms with E-state index < -0.39 is 0 Å². The molecule has 1 aromatic carbocycles. The number of carbonyl (C=O) groups excluding carboxylic acids is 1. The van der Waals surface area contributed by atoms with Crippen LogP contribution in [0.4, 0.5) is 0 Å². The van der Waals surface area contributed by atoms with Crippen LogP contribution in [0, 0.1) is 5.92 Å². The number of hydrogen-bond donors (Lipinski definition) is 1. The summed E-state index contributed by atoms with van der Waals surface area (Å²) in [6, 6.07) is 7.41. The lowest BCUT2D eigenvalue weighted by Crippen LogP contribution is -2.57. The van der Waals surface area contributed by atoms with Gasteiger partial charge in [0.25, 0.3) is 5.91 Å². The summed E-state index contributed by atoms with van der Waals surface area (Å²) >= 11 is 0. The first-order chi connectivity index (χ1) is 11.3. The van der Waals surface area contributed by atoms with Gasteiger partial charge in [-0.3, -0.25) is 4.79 Å². The molecule has 4 aliphatic rings. The molecular formula is C17H21N3O3. The fourth-order valence-corrected chi connectivity index (χ4v) is 3.50. The van der Waals surface area contributed by atoms with E-state index in [0.717, 1.165) is 6.54 Å². The van der Waals surface area contributed by atoms with Crippen molar-refractivity contribution < 1.29 is 14.5 Å². The molecule has 23 heavy (non-hydrogen) atoms. The number of amides is 1. The molecule has 6 nitrogen and oxygen atoms in total. The van der Waals surface area contributed by atoms with Gasteiger partial charge in [0, 0.05) is 18.2 Å². The molecule has 0 aromatic heterocycles. The summed E-state index contributed by atoms with van der Waals surface area (Å²) in [6.45, 7) is 3.85. The predicted molar refractivity (Wildman–Crippen MR) is 84.4 cm³/mol. The lowest BCUT2D eigenvalue weighted by molar-refractivity contribution is -0.263. The average molecular weight is 315 g/mol. The average Bonchev–Trinajstić information content (AvgIpc) is 3.09. The van der Waals surface area contributed by atoms with Gasteiger partial charge >= 0.3 is 0 Å². The fourth-order valence-electron chi connectivity index (χ4n) is 3.50. The molecule has 0 spiro atoms. The Hall–Kier alpha value is -2.05. The highest BCUT2D eigenvalue weighted by Crippen LogP contribution is 2.27. The summed E-state index contributed by atoms with van der Waals surface area (Å²) in [6.07, 6.45) is 5.96. The molecule has 5 rings (SSSR count). The standard InChI is InChI=1S/C17H21N3O3/c21-17(18-16-12-19-9-6-13(16)7-10-19)14-2-4-15(5-3-14)23-20-8-1-11-22-20/h1-5,8,13,16H,6-7,9-12H2,(H,18,21)/t16-/m0/s1. The van der Waals surface area contributed by atoms with Crippen molar-refractivity contribution in [2.45, 2.75) is 18.9 Å². The van der Waals surface area contributed by atoms with Crippen LogP contribution in [0.3, 0.4) is 0 Å². The minimum atomic E-state index is -0.00683. The number of rotatable bonds is 4. The van der Waals surface area contributed by atoms with E-state index in [1.54, 1.807) is 30.5 Å². The molecule has 6 heteroatoms. The first-order valence-corrected chi connectivity index (χ1v) is 8.18. The van der Waals surface area contributed by atoms with Gasteiger partial charge in [-0.05, 0) is 62.2 Å². The van der Waals surface area contributed by atoms with Crippen LogP contribution in [0.1, 0.15) is 23.2 Å². The summed E-state index contributed by atoms with van der Waals surface area (Å²) in [5.74, 6) is 1.26. The Balaban J connectivity index is 1.35. The van der Waals surface area contributed by atoms with Gasteiger partial charge in [-0.2, -0.15) is 0 Å². The first-order valence-electron chi connectivity index (χ1n) is 8.18. The molecule has 0 aliphatic carbocycles. The Morgan fingerprint density at radius 1 is 1.22 bits per heavy atom. The molecule has 4 aliphatic heterocycles. The zero-order valence-corrected chi connectivity index (χ0v) is 13.0. The Morgan fingerprint density at radius 3 is 2.61 bits per heavy atom. The summed E-state index contributed by atoms with van der Waals surface area (Å²) in [5, 5.41) is 4.50. The quantitative estimate of drug-likeness (QED) is 0.914. The zero-order chi connectivity index (χ0) is 15.6. The maximum Gasteiger partial charge on any atom is 0.251 e. The molecule has 1 atom stereocenters. The van der Waals surface area contributed by atoms with E-state index in [2.05, 4.69) is 10.2 Å². The van der Waals surface area contributed by atoms with Crippen molar-refractivity contribution in [1.82, 2.24) is 15.4 Å². The van der Waals surface area contributed by atoms with Crippen LogP contribution in [0.15, 0.2) is 36.5 Å². The number of piperidine rings is 3. The van der Waals surface area contributed by atoms with E-state index in [-0.39, 0.29) is 11.9 Å². The maximum atomic E-state index is 12.4. The van der Waals surface area contributed by atoms with Gasteiger partial charge in [0.15, 0.2) is 5.75 Å². The number of hydroxylamine groups is 2. The van der Waals surface area contributed by atoms with Crippen molar-refractivity contribution in [3.8, 4) is 5.75 Å². The maximum absolute atomic E-state index is 12.4. The monoisotopic (exact) mass is 315 g/mol. The SMILES string of the molecule is O=C(N[C@H]1CN2CCC1CC2)c1ccc(ON2C=CCO2)cc1. The molecule has 1 aromatic rings. The lowest BCUT2D eigenvalue weighted by Gasteiger charge is -2.44. The second-order valence-electron chi connectivity index (χ2n) is 6.30.